The van der Waals surface area contributed by atoms with Gasteiger partial charge in [0.15, 0.2) is 6.61 Å². The van der Waals surface area contributed by atoms with Gasteiger partial charge in [-0.1, -0.05) is 0 Å². The number of methoxy groups -OCH3 is 1. The van der Waals surface area contributed by atoms with Crippen LogP contribution in [-0.2, 0) is 14.2 Å². The second-order valence-corrected chi connectivity index (χ2v) is 6.46. The minimum Gasteiger partial charge on any atom is -0.465 e. The van der Waals surface area contributed by atoms with E-state index in [-0.39, 0.29) is 29.1 Å². The van der Waals surface area contributed by atoms with Gasteiger partial charge in [-0.25, -0.2) is 14.4 Å². The molecule has 156 valence electrons. The molecule has 2 aromatic rings. The van der Waals surface area contributed by atoms with Crippen molar-refractivity contribution in [3.8, 4) is 0 Å². The van der Waals surface area contributed by atoms with E-state index in [1.54, 1.807) is 34.6 Å². The highest BCUT2D eigenvalue weighted by atomic mass is 16.5. The Morgan fingerprint density at radius 2 is 1.28 bits per heavy atom. The summed E-state index contributed by atoms with van der Waals surface area (Å²) in [4.78, 5) is 54.5. The smallest absolute Gasteiger partial charge is 0.355 e. The van der Waals surface area contributed by atoms with Crippen molar-refractivity contribution in [1.29, 1.82) is 0 Å². The van der Waals surface area contributed by atoms with Crippen molar-refractivity contribution in [1.82, 2.24) is 9.97 Å². The third kappa shape index (κ3) is 4.23. The molecular formula is C20H24N2O7. The first-order chi connectivity index (χ1) is 13.6. The predicted octanol–water partition coefficient (Wildman–Crippen LogP) is 2.58. The van der Waals surface area contributed by atoms with E-state index in [0.29, 0.717) is 22.5 Å². The van der Waals surface area contributed by atoms with Gasteiger partial charge in [-0.15, -0.1) is 0 Å². The molecule has 29 heavy (non-hydrogen) atoms. The molecule has 2 rings (SSSR count). The van der Waals surface area contributed by atoms with Crippen molar-refractivity contribution >= 4 is 23.7 Å². The Morgan fingerprint density at radius 1 is 0.759 bits per heavy atom. The first-order valence-electron chi connectivity index (χ1n) is 8.98. The minimum absolute atomic E-state index is 0.168. The van der Waals surface area contributed by atoms with E-state index in [4.69, 9.17) is 14.2 Å². The topological polar surface area (TPSA) is 128 Å². The second kappa shape index (κ2) is 8.76. The van der Waals surface area contributed by atoms with Gasteiger partial charge in [0.25, 0.3) is 0 Å². The van der Waals surface area contributed by atoms with Crippen LogP contribution in [0.5, 0.6) is 0 Å². The first-order valence-corrected chi connectivity index (χ1v) is 8.98. The van der Waals surface area contributed by atoms with Crippen LogP contribution in [0.2, 0.25) is 0 Å². The molecule has 0 aliphatic carbocycles. The molecular weight excluding hydrogens is 380 g/mol. The number of Topliss-reactive ketones (excluding diaryl/α,β-unsaturated/α-hetero) is 1. The SMILES string of the molecule is CCOC(=O)c1[nH]c(C)c(C(=O)OCC(=O)c2[nH]c(C)c(C(=O)OC)c2C)c1C. The summed E-state index contributed by atoms with van der Waals surface area (Å²) in [5, 5.41) is 0. The number of nitrogens with one attached hydrogen (secondary N) is 2. The van der Waals surface area contributed by atoms with E-state index in [0.717, 1.165) is 0 Å². The number of aromatic nitrogens is 2. The Balaban J connectivity index is 2.17. The lowest BCUT2D eigenvalue weighted by molar-refractivity contribution is 0.0471. The van der Waals surface area contributed by atoms with E-state index in [9.17, 15) is 19.2 Å². The predicted molar refractivity (Wildman–Crippen MR) is 102 cm³/mol. The number of carbonyl (C=O) groups is 4. The summed E-state index contributed by atoms with van der Waals surface area (Å²) in [6.07, 6.45) is 0. The van der Waals surface area contributed by atoms with Crippen LogP contribution in [0, 0.1) is 27.7 Å². The van der Waals surface area contributed by atoms with Crippen LogP contribution < -0.4 is 0 Å². The highest BCUT2D eigenvalue weighted by Gasteiger charge is 2.26. The standard InChI is InChI=1S/C20H24N2O7/c1-7-28-20(26)17-10(3)15(12(5)22-17)19(25)29-8-13(23)16-9(2)14(11(4)21-16)18(24)27-6/h21-22H,7-8H2,1-6H3. The van der Waals surface area contributed by atoms with Gasteiger partial charge in [0.05, 0.1) is 30.5 Å². The van der Waals surface area contributed by atoms with E-state index in [1.807, 2.05) is 0 Å². The molecule has 0 bridgehead atoms. The van der Waals surface area contributed by atoms with Crippen LogP contribution in [0.3, 0.4) is 0 Å². The molecule has 9 nitrogen and oxygen atoms in total. The summed E-state index contributed by atoms with van der Waals surface area (Å²) in [5.74, 6) is -2.37. The van der Waals surface area contributed by atoms with Crippen molar-refractivity contribution in [3.05, 3.63) is 45.0 Å². The van der Waals surface area contributed by atoms with Crippen LogP contribution in [-0.4, -0.2) is 54.0 Å². The Morgan fingerprint density at radius 3 is 1.83 bits per heavy atom. The number of carbonyl (C=O) groups excluding carboxylic acids is 4. The molecule has 0 unspecified atom stereocenters. The lowest BCUT2D eigenvalue weighted by Crippen LogP contribution is -2.16. The third-order valence-electron chi connectivity index (χ3n) is 4.56. The summed E-state index contributed by atoms with van der Waals surface area (Å²) in [7, 11) is 1.25. The van der Waals surface area contributed by atoms with Crippen LogP contribution in [0.15, 0.2) is 0 Å². The molecule has 0 aliphatic rings. The average Bonchev–Trinajstić information content (AvgIpc) is 3.14. The largest absolute Gasteiger partial charge is 0.465 e. The molecule has 0 fully saturated rings. The van der Waals surface area contributed by atoms with Gasteiger partial charge < -0.3 is 24.2 Å². The number of ether oxygens (including phenoxy) is 3. The van der Waals surface area contributed by atoms with Gasteiger partial charge in [-0.05, 0) is 45.7 Å². The summed E-state index contributed by atoms with van der Waals surface area (Å²) in [5.41, 5.74) is 2.52. The van der Waals surface area contributed by atoms with Crippen LogP contribution >= 0.6 is 0 Å². The summed E-state index contributed by atoms with van der Waals surface area (Å²) in [6, 6.07) is 0. The van der Waals surface area contributed by atoms with Gasteiger partial charge in [-0.3, -0.25) is 4.79 Å². The molecule has 2 heterocycles. The fourth-order valence-electron chi connectivity index (χ4n) is 3.18. The van der Waals surface area contributed by atoms with Crippen LogP contribution in [0.1, 0.15) is 71.1 Å². The van der Waals surface area contributed by atoms with Crippen molar-refractivity contribution in [2.45, 2.75) is 34.6 Å². The number of rotatable bonds is 7. The number of H-pyrrole nitrogens is 2. The maximum atomic E-state index is 12.5. The van der Waals surface area contributed by atoms with Crippen LogP contribution in [0.25, 0.3) is 0 Å². The highest BCUT2D eigenvalue weighted by Crippen LogP contribution is 2.21. The number of aromatic amines is 2. The van der Waals surface area contributed by atoms with Crippen molar-refractivity contribution in [2.24, 2.45) is 0 Å². The highest BCUT2D eigenvalue weighted by molar-refractivity contribution is 6.04. The molecule has 0 aliphatic heterocycles. The van der Waals surface area contributed by atoms with Crippen molar-refractivity contribution < 1.29 is 33.4 Å². The lowest BCUT2D eigenvalue weighted by Gasteiger charge is -2.06. The number of aryl methyl sites for hydroxylation is 2. The monoisotopic (exact) mass is 404 g/mol. The molecule has 0 saturated heterocycles. The Bertz CT molecular complexity index is 982. The minimum atomic E-state index is -0.741. The maximum absolute atomic E-state index is 12.5. The number of ketones is 1. The quantitative estimate of drug-likeness (QED) is 0.412. The molecule has 9 heteroatoms. The summed E-state index contributed by atoms with van der Waals surface area (Å²) >= 11 is 0. The Hall–Kier alpha value is -3.36. The average molecular weight is 404 g/mol. The van der Waals surface area contributed by atoms with E-state index in [2.05, 4.69) is 9.97 Å². The van der Waals surface area contributed by atoms with Crippen molar-refractivity contribution in [2.75, 3.05) is 20.3 Å². The van der Waals surface area contributed by atoms with Gasteiger partial charge >= 0.3 is 17.9 Å². The van der Waals surface area contributed by atoms with E-state index >= 15 is 0 Å². The van der Waals surface area contributed by atoms with E-state index in [1.165, 1.54) is 7.11 Å². The van der Waals surface area contributed by atoms with Gasteiger partial charge in [0.1, 0.15) is 5.69 Å². The Labute approximate surface area is 167 Å². The second-order valence-electron chi connectivity index (χ2n) is 6.46. The van der Waals surface area contributed by atoms with Crippen LogP contribution in [0.4, 0.5) is 0 Å². The van der Waals surface area contributed by atoms with Gasteiger partial charge in [0, 0.05) is 11.4 Å². The summed E-state index contributed by atoms with van der Waals surface area (Å²) in [6.45, 7) is 7.82. The summed E-state index contributed by atoms with van der Waals surface area (Å²) < 4.78 is 14.8. The van der Waals surface area contributed by atoms with Gasteiger partial charge in [-0.2, -0.15) is 0 Å². The molecule has 0 spiro atoms. The zero-order valence-electron chi connectivity index (χ0n) is 17.3. The first kappa shape index (κ1) is 21.9. The zero-order chi connectivity index (χ0) is 21.9. The zero-order valence-corrected chi connectivity index (χ0v) is 17.3. The molecule has 0 saturated carbocycles. The number of esters is 3. The third-order valence-corrected chi connectivity index (χ3v) is 4.56. The fraction of sp³-hybridized carbons (Fsp3) is 0.400. The molecule has 0 radical (unpaired) electrons. The molecule has 2 N–H and O–H groups in total. The lowest BCUT2D eigenvalue weighted by atomic mass is 10.1. The Kier molecular flexibility index (Phi) is 6.63. The molecule has 0 aromatic carbocycles. The number of hydrogen-bond acceptors (Lipinski definition) is 7. The fourth-order valence-corrected chi connectivity index (χ4v) is 3.18. The normalized spacial score (nSPS) is 10.6. The van der Waals surface area contributed by atoms with Crippen molar-refractivity contribution in [3.63, 3.8) is 0 Å². The molecule has 2 aromatic heterocycles. The molecule has 0 atom stereocenters. The maximum Gasteiger partial charge on any atom is 0.355 e. The van der Waals surface area contributed by atoms with E-state index < -0.39 is 30.3 Å². The van der Waals surface area contributed by atoms with Gasteiger partial charge in [0.2, 0.25) is 5.78 Å². The molecule has 0 amide bonds. The number of hydrogen-bond donors (Lipinski definition) is 2.